The van der Waals surface area contributed by atoms with E-state index in [0.717, 1.165) is 32.6 Å². The maximum absolute atomic E-state index is 11.7. The second-order valence-electron chi connectivity index (χ2n) is 6.59. The van der Waals surface area contributed by atoms with Gasteiger partial charge in [-0.1, -0.05) is 0 Å². The summed E-state index contributed by atoms with van der Waals surface area (Å²) >= 11 is 0. The Morgan fingerprint density at radius 3 is 2.52 bits per heavy atom. The van der Waals surface area contributed by atoms with Gasteiger partial charge in [0.25, 0.3) is 0 Å². The van der Waals surface area contributed by atoms with Crippen LogP contribution in [0.2, 0.25) is 0 Å². The number of nitrogens with zero attached hydrogens (tertiary/aromatic N) is 2. The third-order valence-electron chi connectivity index (χ3n) is 4.62. The first-order chi connectivity index (χ1) is 10.1. The summed E-state index contributed by atoms with van der Waals surface area (Å²) in [4.78, 5) is 16.5. The molecule has 0 radical (unpaired) electrons. The van der Waals surface area contributed by atoms with E-state index >= 15 is 0 Å². The Kier molecular flexibility index (Phi) is 6.45. The molecule has 0 amide bonds. The van der Waals surface area contributed by atoms with Gasteiger partial charge in [-0.25, -0.2) is 0 Å². The Hall–Kier alpha value is -0.650. The number of hydrogen-bond donors (Lipinski definition) is 1. The van der Waals surface area contributed by atoms with Crippen LogP contribution in [-0.4, -0.2) is 71.8 Å². The van der Waals surface area contributed by atoms with Gasteiger partial charge < -0.3 is 9.84 Å². The molecule has 5 nitrogen and oxygen atoms in total. The molecule has 2 fully saturated rings. The van der Waals surface area contributed by atoms with Gasteiger partial charge in [0.05, 0.1) is 19.1 Å². The Labute approximate surface area is 128 Å². The lowest BCUT2D eigenvalue weighted by atomic mass is 10.2. The van der Waals surface area contributed by atoms with Gasteiger partial charge in [-0.05, 0) is 52.6 Å². The molecule has 2 aliphatic heterocycles. The van der Waals surface area contributed by atoms with E-state index in [1.807, 2.05) is 13.8 Å². The molecule has 2 saturated heterocycles. The van der Waals surface area contributed by atoms with Crippen LogP contribution in [0.1, 0.15) is 46.0 Å². The Balaban J connectivity index is 1.76. The molecule has 0 bridgehead atoms. The maximum Gasteiger partial charge on any atom is 0.307 e. The summed E-state index contributed by atoms with van der Waals surface area (Å²) in [5, 5.41) is 9.42. The van der Waals surface area contributed by atoms with Crippen molar-refractivity contribution in [3.05, 3.63) is 0 Å². The fraction of sp³-hybridized carbons (Fsp3) is 0.938. The lowest BCUT2D eigenvalue weighted by molar-refractivity contribution is -0.147. The van der Waals surface area contributed by atoms with Gasteiger partial charge in [0.2, 0.25) is 0 Å². The standard InChI is InChI=1S/C16H30N2O3/c1-13(2)21-16(20)7-10-17-8-3-5-14(17)11-18-9-4-6-15(18)12-19/h13-15,19H,3-12H2,1-2H3. The smallest absolute Gasteiger partial charge is 0.307 e. The highest BCUT2D eigenvalue weighted by atomic mass is 16.5. The summed E-state index contributed by atoms with van der Waals surface area (Å²) in [6.45, 7) is 8.06. The molecule has 5 heteroatoms. The third-order valence-corrected chi connectivity index (χ3v) is 4.62. The number of ether oxygens (including phenoxy) is 1. The highest BCUT2D eigenvalue weighted by Gasteiger charge is 2.31. The van der Waals surface area contributed by atoms with E-state index in [1.54, 1.807) is 0 Å². The molecule has 2 unspecified atom stereocenters. The van der Waals surface area contributed by atoms with Crippen molar-refractivity contribution < 1.29 is 14.6 Å². The number of hydrogen-bond acceptors (Lipinski definition) is 5. The number of aliphatic hydroxyl groups is 1. The normalized spacial score (nSPS) is 27.6. The van der Waals surface area contributed by atoms with Crippen LogP contribution in [0.3, 0.4) is 0 Å². The van der Waals surface area contributed by atoms with Gasteiger partial charge in [0, 0.05) is 25.2 Å². The molecule has 0 spiro atoms. The lowest BCUT2D eigenvalue weighted by Gasteiger charge is -2.31. The first-order valence-electron chi connectivity index (χ1n) is 8.38. The molecule has 0 saturated carbocycles. The fourth-order valence-corrected chi connectivity index (χ4v) is 3.57. The van der Waals surface area contributed by atoms with E-state index in [4.69, 9.17) is 4.74 Å². The molecule has 0 aromatic heterocycles. The summed E-state index contributed by atoms with van der Waals surface area (Å²) in [6, 6.07) is 0.877. The molecule has 2 heterocycles. The summed E-state index contributed by atoms with van der Waals surface area (Å²) in [6.07, 6.45) is 5.18. The zero-order valence-corrected chi connectivity index (χ0v) is 13.5. The van der Waals surface area contributed by atoms with Gasteiger partial charge in [-0.15, -0.1) is 0 Å². The average molecular weight is 298 g/mol. The summed E-state index contributed by atoms with van der Waals surface area (Å²) in [5.74, 6) is -0.0925. The topological polar surface area (TPSA) is 53.0 Å². The molecule has 2 atom stereocenters. The van der Waals surface area contributed by atoms with E-state index in [2.05, 4.69) is 9.80 Å². The number of carbonyl (C=O) groups excluding carboxylic acids is 1. The molecule has 0 aromatic carbocycles. The monoisotopic (exact) mass is 298 g/mol. The van der Waals surface area contributed by atoms with E-state index in [1.165, 1.54) is 19.3 Å². The highest BCUT2D eigenvalue weighted by molar-refractivity contribution is 5.69. The fourth-order valence-electron chi connectivity index (χ4n) is 3.57. The summed E-state index contributed by atoms with van der Waals surface area (Å²) < 4.78 is 5.20. The molecule has 0 aromatic rings. The van der Waals surface area contributed by atoms with Gasteiger partial charge in [0.1, 0.15) is 0 Å². The minimum atomic E-state index is -0.0925. The van der Waals surface area contributed by atoms with Crippen LogP contribution in [0.15, 0.2) is 0 Å². The van der Waals surface area contributed by atoms with Crippen molar-refractivity contribution in [2.75, 3.05) is 32.8 Å². The van der Waals surface area contributed by atoms with Crippen LogP contribution in [0.5, 0.6) is 0 Å². The van der Waals surface area contributed by atoms with E-state index in [9.17, 15) is 9.90 Å². The first-order valence-corrected chi connectivity index (χ1v) is 8.38. The molecule has 2 rings (SSSR count). The molecule has 122 valence electrons. The SMILES string of the molecule is CC(C)OC(=O)CCN1CCCC1CN1CCCC1CO. The van der Waals surface area contributed by atoms with Crippen LogP contribution < -0.4 is 0 Å². The van der Waals surface area contributed by atoms with Crippen LogP contribution in [-0.2, 0) is 9.53 Å². The van der Waals surface area contributed by atoms with E-state index < -0.39 is 0 Å². The number of likely N-dealkylation sites (tertiary alicyclic amines) is 2. The summed E-state index contributed by atoms with van der Waals surface area (Å²) in [5.41, 5.74) is 0. The van der Waals surface area contributed by atoms with Gasteiger partial charge in [-0.2, -0.15) is 0 Å². The Bertz CT molecular complexity index is 335. The molecule has 1 N–H and O–H groups in total. The highest BCUT2D eigenvalue weighted by Crippen LogP contribution is 2.23. The molecular weight excluding hydrogens is 268 g/mol. The lowest BCUT2D eigenvalue weighted by Crippen LogP contribution is -2.44. The van der Waals surface area contributed by atoms with Crippen LogP contribution in [0.25, 0.3) is 0 Å². The van der Waals surface area contributed by atoms with Crippen LogP contribution in [0.4, 0.5) is 0 Å². The third kappa shape index (κ3) is 4.94. The predicted molar refractivity (Wildman–Crippen MR) is 82.1 cm³/mol. The number of esters is 1. The van der Waals surface area contributed by atoms with Crippen molar-refractivity contribution in [1.29, 1.82) is 0 Å². The van der Waals surface area contributed by atoms with E-state index in [0.29, 0.717) is 18.5 Å². The number of aliphatic hydroxyl groups excluding tert-OH is 1. The van der Waals surface area contributed by atoms with Crippen molar-refractivity contribution in [2.24, 2.45) is 0 Å². The molecule has 2 aliphatic rings. The van der Waals surface area contributed by atoms with Crippen molar-refractivity contribution >= 4 is 5.97 Å². The number of carbonyl (C=O) groups is 1. The van der Waals surface area contributed by atoms with Gasteiger partial charge >= 0.3 is 5.97 Å². The summed E-state index contributed by atoms with van der Waals surface area (Å²) in [7, 11) is 0. The Morgan fingerprint density at radius 1 is 1.19 bits per heavy atom. The minimum Gasteiger partial charge on any atom is -0.463 e. The Morgan fingerprint density at radius 2 is 1.86 bits per heavy atom. The van der Waals surface area contributed by atoms with Gasteiger partial charge in [-0.3, -0.25) is 14.6 Å². The quantitative estimate of drug-likeness (QED) is 0.717. The maximum atomic E-state index is 11.7. The van der Waals surface area contributed by atoms with Crippen LogP contribution in [0, 0.1) is 0 Å². The minimum absolute atomic E-state index is 0.0261. The molecule has 21 heavy (non-hydrogen) atoms. The number of rotatable bonds is 7. The zero-order valence-electron chi connectivity index (χ0n) is 13.5. The zero-order chi connectivity index (χ0) is 15.2. The second-order valence-corrected chi connectivity index (χ2v) is 6.59. The average Bonchev–Trinajstić information content (AvgIpc) is 3.05. The molecule has 0 aliphatic carbocycles. The van der Waals surface area contributed by atoms with Crippen LogP contribution >= 0.6 is 0 Å². The molecular formula is C16H30N2O3. The van der Waals surface area contributed by atoms with Crippen molar-refractivity contribution in [3.8, 4) is 0 Å². The van der Waals surface area contributed by atoms with Crippen molar-refractivity contribution in [1.82, 2.24) is 9.80 Å². The largest absolute Gasteiger partial charge is 0.463 e. The predicted octanol–water partition coefficient (Wildman–Crippen LogP) is 1.25. The van der Waals surface area contributed by atoms with E-state index in [-0.39, 0.29) is 18.7 Å². The van der Waals surface area contributed by atoms with Gasteiger partial charge in [0.15, 0.2) is 0 Å². The van der Waals surface area contributed by atoms with Crippen molar-refractivity contribution in [2.45, 2.75) is 64.1 Å². The van der Waals surface area contributed by atoms with Crippen molar-refractivity contribution in [3.63, 3.8) is 0 Å². The second kappa shape index (κ2) is 8.11. The first kappa shape index (κ1) is 16.7.